The molecule has 28 heavy (non-hydrogen) atoms. The average Bonchev–Trinajstić information content (AvgIpc) is 3.16. The first kappa shape index (κ1) is 20.1. The van der Waals surface area contributed by atoms with Crippen molar-refractivity contribution in [1.82, 2.24) is 14.8 Å². The molecule has 6 heteroatoms. The Kier molecular flexibility index (Phi) is 7.25. The van der Waals surface area contributed by atoms with Crippen LogP contribution >= 0.6 is 11.8 Å². The molecule has 1 aromatic heterocycles. The van der Waals surface area contributed by atoms with Crippen LogP contribution in [-0.4, -0.2) is 20.7 Å². The molecule has 0 radical (unpaired) electrons. The molecule has 0 fully saturated rings. The number of thioether (sulfide) groups is 1. The maximum absolute atomic E-state index is 13.1. The Hall–Kier alpha value is -2.60. The van der Waals surface area contributed by atoms with E-state index < -0.39 is 5.25 Å². The highest BCUT2D eigenvalue weighted by atomic mass is 32.2. The molecule has 3 aromatic rings. The first-order chi connectivity index (χ1) is 13.7. The molecule has 2 aromatic carbocycles. The van der Waals surface area contributed by atoms with Crippen molar-refractivity contribution in [3.05, 3.63) is 72.1 Å². The fourth-order valence-electron chi connectivity index (χ4n) is 2.87. The number of aryl methyl sites for hydroxylation is 2. The van der Waals surface area contributed by atoms with Gasteiger partial charge in [0, 0.05) is 12.2 Å². The van der Waals surface area contributed by atoms with Gasteiger partial charge in [0.2, 0.25) is 5.91 Å². The summed E-state index contributed by atoms with van der Waals surface area (Å²) in [6.07, 6.45) is 5.15. The van der Waals surface area contributed by atoms with Gasteiger partial charge in [-0.3, -0.25) is 4.79 Å². The quantitative estimate of drug-likeness (QED) is 0.398. The Bertz CT molecular complexity index is 877. The predicted molar refractivity (Wildman–Crippen MR) is 114 cm³/mol. The zero-order valence-electron chi connectivity index (χ0n) is 16.3. The van der Waals surface area contributed by atoms with Crippen LogP contribution in [0, 0.1) is 6.92 Å². The topological polar surface area (TPSA) is 59.8 Å². The molecule has 1 amide bonds. The van der Waals surface area contributed by atoms with E-state index >= 15 is 0 Å². The lowest BCUT2D eigenvalue weighted by molar-refractivity contribution is -0.115. The normalized spacial score (nSPS) is 11.9. The second-order valence-corrected chi connectivity index (χ2v) is 7.85. The number of benzene rings is 2. The minimum absolute atomic E-state index is 0.0665. The van der Waals surface area contributed by atoms with E-state index in [1.165, 1.54) is 11.8 Å². The van der Waals surface area contributed by atoms with Crippen LogP contribution in [0.3, 0.4) is 0 Å². The number of hydrogen-bond donors (Lipinski definition) is 1. The molecule has 0 spiro atoms. The average molecular weight is 395 g/mol. The summed E-state index contributed by atoms with van der Waals surface area (Å²) >= 11 is 1.44. The van der Waals surface area contributed by atoms with Gasteiger partial charge >= 0.3 is 0 Å². The number of rotatable bonds is 9. The second-order valence-electron chi connectivity index (χ2n) is 6.78. The molecule has 146 valence electrons. The third-order valence-corrected chi connectivity index (χ3v) is 5.71. The van der Waals surface area contributed by atoms with Gasteiger partial charge in [0.25, 0.3) is 0 Å². The molecule has 0 aliphatic carbocycles. The van der Waals surface area contributed by atoms with E-state index in [4.69, 9.17) is 0 Å². The summed E-state index contributed by atoms with van der Waals surface area (Å²) < 4.78 is 2.04. The lowest BCUT2D eigenvalue weighted by Crippen LogP contribution is -2.19. The van der Waals surface area contributed by atoms with Gasteiger partial charge in [0.15, 0.2) is 5.16 Å². The van der Waals surface area contributed by atoms with Crippen molar-refractivity contribution >= 4 is 23.4 Å². The Morgan fingerprint density at radius 1 is 1.11 bits per heavy atom. The van der Waals surface area contributed by atoms with E-state index in [0.717, 1.165) is 47.8 Å². The van der Waals surface area contributed by atoms with Gasteiger partial charge in [-0.2, -0.15) is 0 Å². The van der Waals surface area contributed by atoms with E-state index in [1.807, 2.05) is 66.1 Å². The third-order valence-electron chi connectivity index (χ3n) is 4.47. The number of aromatic nitrogens is 3. The van der Waals surface area contributed by atoms with Gasteiger partial charge in [0.1, 0.15) is 11.6 Å². The molecule has 3 rings (SSSR count). The lowest BCUT2D eigenvalue weighted by Gasteiger charge is -2.17. The minimum atomic E-state index is -0.406. The zero-order valence-corrected chi connectivity index (χ0v) is 17.2. The van der Waals surface area contributed by atoms with Crippen molar-refractivity contribution < 1.29 is 4.79 Å². The number of hydrogen-bond acceptors (Lipinski definition) is 4. The van der Waals surface area contributed by atoms with Crippen LogP contribution < -0.4 is 5.32 Å². The number of carbonyl (C=O) groups excluding carboxylic acids is 1. The third kappa shape index (κ3) is 5.45. The van der Waals surface area contributed by atoms with Gasteiger partial charge in [-0.25, -0.2) is 0 Å². The Morgan fingerprint density at radius 3 is 2.57 bits per heavy atom. The highest BCUT2D eigenvalue weighted by Gasteiger charge is 2.24. The van der Waals surface area contributed by atoms with Crippen molar-refractivity contribution in [1.29, 1.82) is 0 Å². The zero-order chi connectivity index (χ0) is 19.8. The SMILES string of the molecule is CCCCCn1cnnc1S[C@@H](C(=O)Nc1ccc(C)cc1)c1ccccc1. The molecule has 0 aliphatic rings. The standard InChI is InChI=1S/C22H26N4OS/c1-3-4-8-15-26-16-23-25-22(26)28-20(18-9-6-5-7-10-18)21(27)24-19-13-11-17(2)12-14-19/h5-7,9-14,16,20H,3-4,8,15H2,1-2H3,(H,24,27)/t20-/m1/s1. The monoisotopic (exact) mass is 394 g/mol. The number of unbranched alkanes of at least 4 members (excludes halogenated alkanes) is 2. The highest BCUT2D eigenvalue weighted by molar-refractivity contribution is 8.00. The van der Waals surface area contributed by atoms with Crippen LogP contribution in [0.25, 0.3) is 0 Å². The van der Waals surface area contributed by atoms with Gasteiger partial charge in [0.05, 0.1) is 0 Å². The van der Waals surface area contributed by atoms with Gasteiger partial charge in [-0.1, -0.05) is 79.6 Å². The smallest absolute Gasteiger partial charge is 0.242 e. The van der Waals surface area contributed by atoms with Gasteiger partial charge in [-0.15, -0.1) is 10.2 Å². The maximum atomic E-state index is 13.1. The summed E-state index contributed by atoms with van der Waals surface area (Å²) in [6, 6.07) is 17.6. The summed E-state index contributed by atoms with van der Waals surface area (Å²) in [5, 5.41) is 11.7. The summed E-state index contributed by atoms with van der Waals surface area (Å²) in [5.41, 5.74) is 2.90. The second kappa shape index (κ2) is 10.1. The van der Waals surface area contributed by atoms with Crippen LogP contribution in [0.2, 0.25) is 0 Å². The molecule has 1 heterocycles. The first-order valence-corrected chi connectivity index (χ1v) is 10.5. The van der Waals surface area contributed by atoms with Crippen molar-refractivity contribution in [3.63, 3.8) is 0 Å². The van der Waals surface area contributed by atoms with Crippen LogP contribution in [0.15, 0.2) is 66.1 Å². The largest absolute Gasteiger partial charge is 0.325 e. The van der Waals surface area contributed by atoms with Crippen LogP contribution in [0.5, 0.6) is 0 Å². The van der Waals surface area contributed by atoms with Crippen LogP contribution in [-0.2, 0) is 11.3 Å². The van der Waals surface area contributed by atoms with Crippen molar-refractivity contribution in [2.75, 3.05) is 5.32 Å². The van der Waals surface area contributed by atoms with E-state index in [-0.39, 0.29) is 5.91 Å². The highest BCUT2D eigenvalue weighted by Crippen LogP contribution is 2.35. The molecule has 0 bridgehead atoms. The number of nitrogens with one attached hydrogen (secondary N) is 1. The Labute approximate surface area is 170 Å². The molecule has 0 unspecified atom stereocenters. The molecule has 1 N–H and O–H groups in total. The van der Waals surface area contributed by atoms with E-state index in [0.29, 0.717) is 0 Å². The van der Waals surface area contributed by atoms with Crippen LogP contribution in [0.1, 0.15) is 42.6 Å². The van der Waals surface area contributed by atoms with Crippen molar-refractivity contribution in [2.24, 2.45) is 0 Å². The Balaban J connectivity index is 1.79. The number of amides is 1. The van der Waals surface area contributed by atoms with E-state index in [1.54, 1.807) is 6.33 Å². The molecular formula is C22H26N4OS. The Morgan fingerprint density at radius 2 is 1.86 bits per heavy atom. The summed E-state index contributed by atoms with van der Waals surface area (Å²) in [6.45, 7) is 5.08. The molecule has 1 atom stereocenters. The maximum Gasteiger partial charge on any atom is 0.242 e. The number of nitrogens with zero attached hydrogens (tertiary/aromatic N) is 3. The number of anilines is 1. The minimum Gasteiger partial charge on any atom is -0.325 e. The molecule has 0 saturated heterocycles. The van der Waals surface area contributed by atoms with Crippen molar-refractivity contribution in [3.8, 4) is 0 Å². The first-order valence-electron chi connectivity index (χ1n) is 9.64. The summed E-state index contributed by atoms with van der Waals surface area (Å²) in [4.78, 5) is 13.1. The van der Waals surface area contributed by atoms with Gasteiger partial charge in [-0.05, 0) is 31.0 Å². The summed E-state index contributed by atoms with van der Waals surface area (Å²) in [7, 11) is 0. The van der Waals surface area contributed by atoms with Crippen molar-refractivity contribution in [2.45, 2.75) is 50.1 Å². The molecule has 0 saturated carbocycles. The fraction of sp³-hybridized carbons (Fsp3) is 0.318. The lowest BCUT2D eigenvalue weighted by atomic mass is 10.1. The summed E-state index contributed by atoms with van der Waals surface area (Å²) in [5.74, 6) is -0.0665. The van der Waals surface area contributed by atoms with E-state index in [9.17, 15) is 4.79 Å². The van der Waals surface area contributed by atoms with Crippen LogP contribution in [0.4, 0.5) is 5.69 Å². The van der Waals surface area contributed by atoms with Gasteiger partial charge < -0.3 is 9.88 Å². The molecule has 0 aliphatic heterocycles. The molecule has 5 nitrogen and oxygen atoms in total. The van der Waals surface area contributed by atoms with E-state index in [2.05, 4.69) is 22.4 Å². The predicted octanol–water partition coefficient (Wildman–Crippen LogP) is 5.25. The number of carbonyl (C=O) groups is 1. The molecular weight excluding hydrogens is 368 g/mol. The fourth-order valence-corrected chi connectivity index (χ4v) is 3.91.